The van der Waals surface area contributed by atoms with Crippen molar-refractivity contribution in [3.8, 4) is 10.6 Å². The first-order valence-electron chi connectivity index (χ1n) is 9.06. The first-order valence-corrected chi connectivity index (χ1v) is 9.88. The van der Waals surface area contributed by atoms with Gasteiger partial charge in [-0.1, -0.05) is 37.3 Å². The molecule has 0 aliphatic heterocycles. The normalized spacial score (nSPS) is 12.0. The maximum Gasteiger partial charge on any atom is 0.308 e. The van der Waals surface area contributed by atoms with Crippen molar-refractivity contribution in [1.29, 1.82) is 0 Å². The van der Waals surface area contributed by atoms with Crippen LogP contribution in [0.25, 0.3) is 10.6 Å². The SMILES string of the molecule is CCOCCCN(CC(C)C(=O)O)C(=O)c1sc(-c2ccccc2)nc1C. The number of hydrogen-bond acceptors (Lipinski definition) is 5. The van der Waals surface area contributed by atoms with Gasteiger partial charge in [-0.05, 0) is 20.3 Å². The highest BCUT2D eigenvalue weighted by Gasteiger charge is 2.25. The molecule has 1 amide bonds. The summed E-state index contributed by atoms with van der Waals surface area (Å²) in [5.74, 6) is -1.72. The van der Waals surface area contributed by atoms with Crippen molar-refractivity contribution >= 4 is 23.2 Å². The molecule has 1 aromatic heterocycles. The number of nitrogens with zero attached hydrogens (tertiary/aromatic N) is 2. The second kappa shape index (κ2) is 10.2. The molecule has 0 saturated heterocycles. The predicted octanol–water partition coefficient (Wildman–Crippen LogP) is 3.71. The fourth-order valence-corrected chi connectivity index (χ4v) is 3.67. The van der Waals surface area contributed by atoms with Gasteiger partial charge in [0.05, 0.1) is 11.6 Å². The van der Waals surface area contributed by atoms with Crippen LogP contribution in [0.3, 0.4) is 0 Å². The van der Waals surface area contributed by atoms with E-state index in [2.05, 4.69) is 4.98 Å². The number of thiazole rings is 1. The monoisotopic (exact) mass is 390 g/mol. The zero-order valence-corrected chi connectivity index (χ0v) is 16.8. The highest BCUT2D eigenvalue weighted by Crippen LogP contribution is 2.29. The largest absolute Gasteiger partial charge is 0.481 e. The average molecular weight is 391 g/mol. The van der Waals surface area contributed by atoms with E-state index in [-0.39, 0.29) is 12.5 Å². The molecule has 1 aromatic carbocycles. The van der Waals surface area contributed by atoms with E-state index >= 15 is 0 Å². The predicted molar refractivity (Wildman–Crippen MR) is 106 cm³/mol. The van der Waals surface area contributed by atoms with E-state index < -0.39 is 11.9 Å². The highest BCUT2D eigenvalue weighted by molar-refractivity contribution is 7.17. The van der Waals surface area contributed by atoms with Gasteiger partial charge >= 0.3 is 5.97 Å². The number of carbonyl (C=O) groups excluding carboxylic acids is 1. The molecule has 27 heavy (non-hydrogen) atoms. The number of amides is 1. The lowest BCUT2D eigenvalue weighted by atomic mass is 10.1. The zero-order valence-electron chi connectivity index (χ0n) is 16.0. The van der Waals surface area contributed by atoms with Crippen LogP contribution in [0.1, 0.15) is 35.6 Å². The summed E-state index contributed by atoms with van der Waals surface area (Å²) in [4.78, 5) is 31.0. The van der Waals surface area contributed by atoms with Crippen LogP contribution >= 0.6 is 11.3 Å². The molecule has 1 heterocycles. The Balaban J connectivity index is 2.20. The van der Waals surface area contributed by atoms with Crippen molar-refractivity contribution in [2.75, 3.05) is 26.3 Å². The maximum atomic E-state index is 13.1. The van der Waals surface area contributed by atoms with Crippen LogP contribution in [0.15, 0.2) is 30.3 Å². The maximum absolute atomic E-state index is 13.1. The molecule has 2 aromatic rings. The second-order valence-corrected chi connectivity index (χ2v) is 7.34. The lowest BCUT2D eigenvalue weighted by molar-refractivity contribution is -0.141. The number of rotatable bonds is 10. The molecule has 146 valence electrons. The lowest BCUT2D eigenvalue weighted by Crippen LogP contribution is -2.38. The molecule has 1 unspecified atom stereocenters. The van der Waals surface area contributed by atoms with Gasteiger partial charge in [-0.15, -0.1) is 11.3 Å². The number of carbonyl (C=O) groups is 2. The Hall–Kier alpha value is -2.25. The topological polar surface area (TPSA) is 79.7 Å². The van der Waals surface area contributed by atoms with Gasteiger partial charge in [-0.2, -0.15) is 0 Å². The van der Waals surface area contributed by atoms with Gasteiger partial charge < -0.3 is 14.7 Å². The number of ether oxygens (including phenoxy) is 1. The van der Waals surface area contributed by atoms with Gasteiger partial charge in [0.2, 0.25) is 0 Å². The van der Waals surface area contributed by atoms with E-state index in [1.807, 2.05) is 44.2 Å². The Morgan fingerprint density at radius 1 is 1.30 bits per heavy atom. The molecule has 0 spiro atoms. The van der Waals surface area contributed by atoms with Crippen LogP contribution < -0.4 is 0 Å². The minimum atomic E-state index is -0.913. The number of aliphatic carboxylic acids is 1. The average Bonchev–Trinajstić information content (AvgIpc) is 3.05. The fraction of sp³-hybridized carbons (Fsp3) is 0.450. The number of aromatic nitrogens is 1. The summed E-state index contributed by atoms with van der Waals surface area (Å²) in [5.41, 5.74) is 1.63. The van der Waals surface area contributed by atoms with Crippen molar-refractivity contribution in [1.82, 2.24) is 9.88 Å². The van der Waals surface area contributed by atoms with Gasteiger partial charge in [0.15, 0.2) is 0 Å². The molecule has 0 radical (unpaired) electrons. The molecule has 1 atom stereocenters. The van der Waals surface area contributed by atoms with Crippen molar-refractivity contribution in [3.63, 3.8) is 0 Å². The van der Waals surface area contributed by atoms with E-state index in [9.17, 15) is 14.7 Å². The number of aryl methyl sites for hydroxylation is 1. The van der Waals surface area contributed by atoms with Gasteiger partial charge in [-0.25, -0.2) is 4.98 Å². The van der Waals surface area contributed by atoms with Crippen LogP contribution in [-0.2, 0) is 9.53 Å². The first-order chi connectivity index (χ1) is 12.9. The third kappa shape index (κ3) is 5.87. The van der Waals surface area contributed by atoms with E-state index in [0.29, 0.717) is 36.8 Å². The Morgan fingerprint density at radius 3 is 2.63 bits per heavy atom. The Kier molecular flexibility index (Phi) is 7.94. The molecule has 2 rings (SSSR count). The van der Waals surface area contributed by atoms with Crippen molar-refractivity contribution in [2.24, 2.45) is 5.92 Å². The van der Waals surface area contributed by atoms with Gasteiger partial charge in [0.1, 0.15) is 9.88 Å². The van der Waals surface area contributed by atoms with Crippen LogP contribution in [0.2, 0.25) is 0 Å². The van der Waals surface area contributed by atoms with Crippen molar-refractivity contribution < 1.29 is 19.4 Å². The van der Waals surface area contributed by atoms with Crippen molar-refractivity contribution in [2.45, 2.75) is 27.2 Å². The molecule has 0 aliphatic rings. The summed E-state index contributed by atoms with van der Waals surface area (Å²) >= 11 is 1.35. The van der Waals surface area contributed by atoms with Crippen molar-refractivity contribution in [3.05, 3.63) is 40.9 Å². The quantitative estimate of drug-likeness (QED) is 0.626. The summed E-state index contributed by atoms with van der Waals surface area (Å²) in [6.45, 7) is 7.12. The van der Waals surface area contributed by atoms with Gasteiger partial charge in [0, 0.05) is 31.9 Å². The Morgan fingerprint density at radius 2 is 2.00 bits per heavy atom. The first kappa shape index (κ1) is 21.1. The molecule has 0 saturated carbocycles. The van der Waals surface area contributed by atoms with Crippen LogP contribution in [0, 0.1) is 12.8 Å². The number of carboxylic acid groups (broad SMARTS) is 1. The smallest absolute Gasteiger partial charge is 0.308 e. The molecule has 0 fully saturated rings. The highest BCUT2D eigenvalue weighted by atomic mass is 32.1. The number of hydrogen-bond donors (Lipinski definition) is 1. The van der Waals surface area contributed by atoms with E-state index in [0.717, 1.165) is 10.6 Å². The lowest BCUT2D eigenvalue weighted by Gasteiger charge is -2.24. The van der Waals surface area contributed by atoms with Gasteiger partial charge in [-0.3, -0.25) is 9.59 Å². The number of benzene rings is 1. The fourth-order valence-electron chi connectivity index (χ4n) is 2.63. The Bertz CT molecular complexity index is 761. The van der Waals surface area contributed by atoms with E-state index in [4.69, 9.17) is 4.74 Å². The van der Waals surface area contributed by atoms with Crippen LogP contribution in [0.5, 0.6) is 0 Å². The summed E-state index contributed by atoms with van der Waals surface area (Å²) in [6.07, 6.45) is 0.662. The number of carboxylic acids is 1. The second-order valence-electron chi connectivity index (χ2n) is 6.34. The molecular weight excluding hydrogens is 364 g/mol. The molecule has 1 N–H and O–H groups in total. The molecule has 7 heteroatoms. The van der Waals surface area contributed by atoms with E-state index in [1.165, 1.54) is 11.3 Å². The summed E-state index contributed by atoms with van der Waals surface area (Å²) in [5, 5.41) is 10.0. The van der Waals surface area contributed by atoms with Crippen LogP contribution in [0.4, 0.5) is 0 Å². The summed E-state index contributed by atoms with van der Waals surface area (Å²) < 4.78 is 5.34. The third-order valence-corrected chi connectivity index (χ3v) is 5.33. The Labute approximate surface area is 163 Å². The molecule has 0 aliphatic carbocycles. The summed E-state index contributed by atoms with van der Waals surface area (Å²) in [6, 6.07) is 9.71. The molecular formula is C20H26N2O4S. The minimum Gasteiger partial charge on any atom is -0.481 e. The zero-order chi connectivity index (χ0) is 19.8. The van der Waals surface area contributed by atoms with Gasteiger partial charge in [0.25, 0.3) is 5.91 Å². The van der Waals surface area contributed by atoms with Crippen LogP contribution in [-0.4, -0.2) is 53.2 Å². The van der Waals surface area contributed by atoms with E-state index in [1.54, 1.807) is 11.8 Å². The standard InChI is InChI=1S/C20H26N2O4S/c1-4-26-12-8-11-22(13-14(2)20(24)25)19(23)17-15(3)21-18(27-17)16-9-6-5-7-10-16/h5-7,9-10,14H,4,8,11-13H2,1-3H3,(H,24,25). The molecule has 0 bridgehead atoms. The minimum absolute atomic E-state index is 0.165. The molecule has 6 nitrogen and oxygen atoms in total. The third-order valence-electron chi connectivity index (χ3n) is 4.14. The summed E-state index contributed by atoms with van der Waals surface area (Å²) in [7, 11) is 0.